The van der Waals surface area contributed by atoms with Crippen LogP contribution in [0.4, 0.5) is 5.69 Å². The first kappa shape index (κ1) is 15.5. The Balaban J connectivity index is 2.16. The lowest BCUT2D eigenvalue weighted by molar-refractivity contribution is 0.199. The topological polar surface area (TPSA) is 139 Å². The SMILES string of the molecule is [N-]=[N+]=N[C@@H]1CCC[C@H]1OS(=O)(=O)c1ccc(N([O-])O)cc1. The Morgan fingerprint density at radius 3 is 2.62 bits per heavy atom. The maximum Gasteiger partial charge on any atom is 0.297 e. The summed E-state index contributed by atoms with van der Waals surface area (Å²) < 4.78 is 29.3. The van der Waals surface area contributed by atoms with Crippen molar-refractivity contribution in [1.82, 2.24) is 0 Å². The van der Waals surface area contributed by atoms with Crippen molar-refractivity contribution in [2.24, 2.45) is 5.11 Å². The van der Waals surface area contributed by atoms with E-state index in [2.05, 4.69) is 10.0 Å². The molecule has 0 bridgehead atoms. The molecule has 0 aliphatic heterocycles. The van der Waals surface area contributed by atoms with Crippen LogP contribution in [0.3, 0.4) is 0 Å². The average molecular weight is 313 g/mol. The highest BCUT2D eigenvalue weighted by Gasteiger charge is 2.32. The molecule has 1 N–H and O–H groups in total. The number of rotatable bonds is 5. The third-order valence-corrected chi connectivity index (χ3v) is 4.56. The number of hydrogen-bond donors (Lipinski definition) is 1. The van der Waals surface area contributed by atoms with Gasteiger partial charge in [0.1, 0.15) is 0 Å². The zero-order valence-electron chi connectivity index (χ0n) is 10.9. The van der Waals surface area contributed by atoms with Crippen molar-refractivity contribution in [3.8, 4) is 0 Å². The number of benzene rings is 1. The number of anilines is 1. The van der Waals surface area contributed by atoms with Crippen molar-refractivity contribution in [2.75, 3.05) is 5.23 Å². The highest BCUT2D eigenvalue weighted by atomic mass is 32.2. The van der Waals surface area contributed by atoms with Gasteiger partial charge < -0.3 is 10.4 Å². The second-order valence-corrected chi connectivity index (χ2v) is 6.13. The van der Waals surface area contributed by atoms with E-state index in [0.717, 1.165) is 30.7 Å². The zero-order chi connectivity index (χ0) is 15.5. The van der Waals surface area contributed by atoms with Gasteiger partial charge in [-0.25, -0.2) is 0 Å². The third-order valence-electron chi connectivity index (χ3n) is 3.21. The fourth-order valence-electron chi connectivity index (χ4n) is 2.18. The van der Waals surface area contributed by atoms with E-state index in [1.807, 2.05) is 0 Å². The zero-order valence-corrected chi connectivity index (χ0v) is 11.7. The normalized spacial score (nSPS) is 21.8. The molecule has 1 aliphatic rings. The number of azide groups is 1. The van der Waals surface area contributed by atoms with Crippen LogP contribution in [0.2, 0.25) is 0 Å². The number of hydrogen-bond acceptors (Lipinski definition) is 7. The van der Waals surface area contributed by atoms with Crippen LogP contribution < -0.4 is 5.23 Å². The van der Waals surface area contributed by atoms with Gasteiger partial charge in [-0.15, -0.1) is 0 Å². The standard InChI is InChI=1S/C11H13N4O5S/c12-14-13-10-2-1-3-11(10)20-21(18,19)9-6-4-8(5-7-9)15(16)17/h4-7,10-11,16H,1-3H2/q-1/t10-,11-/m1/s1. The summed E-state index contributed by atoms with van der Waals surface area (Å²) in [5.41, 5.74) is 8.34. The quantitative estimate of drug-likeness (QED) is 0.291. The van der Waals surface area contributed by atoms with Crippen LogP contribution >= 0.6 is 0 Å². The molecule has 9 nitrogen and oxygen atoms in total. The predicted molar refractivity (Wildman–Crippen MR) is 72.9 cm³/mol. The summed E-state index contributed by atoms with van der Waals surface area (Å²) in [5, 5.41) is 22.5. The van der Waals surface area contributed by atoms with E-state index in [4.69, 9.17) is 14.9 Å². The summed E-state index contributed by atoms with van der Waals surface area (Å²) >= 11 is 0. The van der Waals surface area contributed by atoms with Crippen LogP contribution in [0, 0.1) is 5.21 Å². The fraction of sp³-hybridized carbons (Fsp3) is 0.455. The lowest BCUT2D eigenvalue weighted by atomic mass is 10.2. The van der Waals surface area contributed by atoms with E-state index in [1.54, 1.807) is 0 Å². The Bertz CT molecular complexity index is 639. The van der Waals surface area contributed by atoms with E-state index in [0.29, 0.717) is 12.8 Å². The van der Waals surface area contributed by atoms with Crippen molar-refractivity contribution < 1.29 is 17.8 Å². The highest BCUT2D eigenvalue weighted by molar-refractivity contribution is 7.86. The molecule has 0 saturated heterocycles. The molecule has 0 aromatic heterocycles. The van der Waals surface area contributed by atoms with Gasteiger partial charge >= 0.3 is 0 Å². The van der Waals surface area contributed by atoms with Crippen molar-refractivity contribution >= 4 is 15.8 Å². The summed E-state index contributed by atoms with van der Waals surface area (Å²) in [6.45, 7) is 0. The lowest BCUT2D eigenvalue weighted by Crippen LogP contribution is -2.24. The molecule has 2 atom stereocenters. The molecule has 2 rings (SSSR count). The molecule has 0 amide bonds. The van der Waals surface area contributed by atoms with Crippen LogP contribution in [0.5, 0.6) is 0 Å². The van der Waals surface area contributed by atoms with Crippen molar-refractivity contribution in [3.63, 3.8) is 0 Å². The van der Waals surface area contributed by atoms with Gasteiger partial charge in [-0.3, -0.25) is 9.39 Å². The van der Waals surface area contributed by atoms with E-state index in [1.165, 1.54) is 0 Å². The first-order valence-electron chi connectivity index (χ1n) is 6.18. The summed E-state index contributed by atoms with van der Waals surface area (Å²) in [7, 11) is -4.02. The van der Waals surface area contributed by atoms with Crippen molar-refractivity contribution in [3.05, 3.63) is 39.9 Å². The van der Waals surface area contributed by atoms with E-state index >= 15 is 0 Å². The van der Waals surface area contributed by atoms with Crippen LogP contribution in [0.1, 0.15) is 19.3 Å². The predicted octanol–water partition coefficient (Wildman–Crippen LogP) is 2.32. The van der Waals surface area contributed by atoms with Gasteiger partial charge in [-0.05, 0) is 42.6 Å². The van der Waals surface area contributed by atoms with Crippen molar-refractivity contribution in [2.45, 2.75) is 36.3 Å². The van der Waals surface area contributed by atoms with Gasteiger partial charge in [-0.1, -0.05) is 11.5 Å². The number of nitrogens with zero attached hydrogens (tertiary/aromatic N) is 4. The van der Waals surface area contributed by atoms with Crippen molar-refractivity contribution in [1.29, 1.82) is 0 Å². The third kappa shape index (κ3) is 3.63. The van der Waals surface area contributed by atoms with E-state index in [9.17, 15) is 13.6 Å². The molecule has 1 saturated carbocycles. The smallest absolute Gasteiger partial charge is 0.297 e. The molecule has 10 heteroatoms. The molecule has 1 aromatic rings. The van der Waals surface area contributed by atoms with Gasteiger partial charge in [0.05, 0.1) is 22.7 Å². The average Bonchev–Trinajstić information content (AvgIpc) is 2.86. The lowest BCUT2D eigenvalue weighted by Gasteiger charge is -2.21. The van der Waals surface area contributed by atoms with Crippen LogP contribution in [0.25, 0.3) is 10.4 Å². The second kappa shape index (κ2) is 6.29. The Hall–Kier alpha value is -1.84. The fourth-order valence-corrected chi connectivity index (χ4v) is 3.31. The maximum atomic E-state index is 12.1. The summed E-state index contributed by atoms with van der Waals surface area (Å²) in [5.74, 6) is 0. The molecule has 1 aromatic carbocycles. The largest absolute Gasteiger partial charge is 0.733 e. The summed E-state index contributed by atoms with van der Waals surface area (Å²) in [6.07, 6.45) is 1.11. The summed E-state index contributed by atoms with van der Waals surface area (Å²) in [6, 6.07) is 4.12. The van der Waals surface area contributed by atoms with Crippen LogP contribution in [0.15, 0.2) is 34.3 Å². The molecule has 0 radical (unpaired) electrons. The van der Waals surface area contributed by atoms with Gasteiger partial charge in [0, 0.05) is 4.91 Å². The van der Waals surface area contributed by atoms with E-state index in [-0.39, 0.29) is 15.8 Å². The monoisotopic (exact) mass is 313 g/mol. The molecule has 0 unspecified atom stereocenters. The minimum Gasteiger partial charge on any atom is -0.733 e. The Morgan fingerprint density at radius 1 is 1.38 bits per heavy atom. The van der Waals surface area contributed by atoms with Crippen LogP contribution in [-0.2, 0) is 14.3 Å². The van der Waals surface area contributed by atoms with Crippen LogP contribution in [-0.4, -0.2) is 25.8 Å². The molecular formula is C11H13N4O5S-. The first-order valence-corrected chi connectivity index (χ1v) is 7.58. The first-order chi connectivity index (χ1) is 9.94. The Kier molecular flexibility index (Phi) is 4.66. The molecule has 0 heterocycles. The molecular weight excluding hydrogens is 300 g/mol. The maximum absolute atomic E-state index is 12.1. The minimum absolute atomic E-state index is 0.0956. The Morgan fingerprint density at radius 2 is 2.05 bits per heavy atom. The van der Waals surface area contributed by atoms with Gasteiger partial charge in [-0.2, -0.15) is 8.42 Å². The second-order valence-electron chi connectivity index (χ2n) is 4.56. The molecule has 1 aliphatic carbocycles. The molecule has 0 spiro atoms. The minimum atomic E-state index is -4.02. The Labute approximate surface area is 121 Å². The van der Waals surface area contributed by atoms with Gasteiger partial charge in [0.2, 0.25) is 0 Å². The summed E-state index contributed by atoms with van der Waals surface area (Å²) in [4.78, 5) is 2.54. The van der Waals surface area contributed by atoms with E-state index < -0.39 is 22.3 Å². The van der Waals surface area contributed by atoms with Gasteiger partial charge in [0.15, 0.2) is 0 Å². The highest BCUT2D eigenvalue weighted by Crippen LogP contribution is 2.28. The molecule has 21 heavy (non-hydrogen) atoms. The van der Waals surface area contributed by atoms with Gasteiger partial charge in [0.25, 0.3) is 10.1 Å². The molecule has 114 valence electrons. The molecule has 1 fully saturated rings.